The first-order chi connectivity index (χ1) is 13.4. The van der Waals surface area contributed by atoms with Gasteiger partial charge in [-0.15, -0.1) is 0 Å². The molecule has 7 heteroatoms. The minimum atomic E-state index is 0.312. The van der Waals surface area contributed by atoms with E-state index in [2.05, 4.69) is 31.1 Å². The first-order valence-electron chi connectivity index (χ1n) is 9.12. The maximum absolute atomic E-state index is 6.11. The maximum atomic E-state index is 6.11. The highest BCUT2D eigenvalue weighted by Crippen LogP contribution is 2.36. The molecule has 0 saturated carbocycles. The first kappa shape index (κ1) is 16.0. The molecule has 0 amide bonds. The van der Waals surface area contributed by atoms with Crippen LogP contribution in [0.2, 0.25) is 0 Å². The zero-order valence-electron chi connectivity index (χ0n) is 14.7. The Morgan fingerprint density at radius 2 is 1.96 bits per heavy atom. The SMILES string of the molecule is c1cc(N2CC(c3cc4cnccc4o3)CCC2Cc2ncon2)ccn1. The van der Waals surface area contributed by atoms with Gasteiger partial charge in [0.2, 0.25) is 6.39 Å². The predicted molar refractivity (Wildman–Crippen MR) is 99.4 cm³/mol. The van der Waals surface area contributed by atoms with Crippen molar-refractivity contribution in [1.29, 1.82) is 0 Å². The average molecular weight is 361 g/mol. The largest absolute Gasteiger partial charge is 0.461 e. The molecule has 1 aliphatic heterocycles. The number of anilines is 1. The molecule has 0 spiro atoms. The lowest BCUT2D eigenvalue weighted by Crippen LogP contribution is -2.44. The van der Waals surface area contributed by atoms with Gasteiger partial charge in [0.15, 0.2) is 5.82 Å². The van der Waals surface area contributed by atoms with Gasteiger partial charge in [0.25, 0.3) is 0 Å². The average Bonchev–Trinajstić information content (AvgIpc) is 3.38. The van der Waals surface area contributed by atoms with Gasteiger partial charge in [-0.1, -0.05) is 5.16 Å². The summed E-state index contributed by atoms with van der Waals surface area (Å²) in [4.78, 5) is 15.0. The molecule has 27 heavy (non-hydrogen) atoms. The summed E-state index contributed by atoms with van der Waals surface area (Å²) in [6.07, 6.45) is 11.5. The van der Waals surface area contributed by atoms with Gasteiger partial charge in [-0.25, -0.2) is 0 Å². The summed E-state index contributed by atoms with van der Waals surface area (Å²) < 4.78 is 11.0. The topological polar surface area (TPSA) is 81.1 Å². The molecule has 0 bridgehead atoms. The summed E-state index contributed by atoms with van der Waals surface area (Å²) in [5.74, 6) is 2.09. The van der Waals surface area contributed by atoms with Gasteiger partial charge in [0, 0.05) is 60.8 Å². The van der Waals surface area contributed by atoms with Crippen molar-refractivity contribution in [1.82, 2.24) is 20.1 Å². The van der Waals surface area contributed by atoms with Gasteiger partial charge < -0.3 is 13.8 Å². The summed E-state index contributed by atoms with van der Waals surface area (Å²) >= 11 is 0. The lowest BCUT2D eigenvalue weighted by molar-refractivity contribution is 0.365. The highest BCUT2D eigenvalue weighted by atomic mass is 16.5. The van der Waals surface area contributed by atoms with Crippen molar-refractivity contribution in [3.05, 3.63) is 67.0 Å². The normalized spacial score (nSPS) is 20.2. The second kappa shape index (κ2) is 6.83. The van der Waals surface area contributed by atoms with Crippen molar-refractivity contribution in [2.45, 2.75) is 31.2 Å². The minimum absolute atomic E-state index is 0.312. The Kier molecular flexibility index (Phi) is 4.04. The van der Waals surface area contributed by atoms with Gasteiger partial charge in [-0.2, -0.15) is 4.98 Å². The van der Waals surface area contributed by atoms with Crippen molar-refractivity contribution in [3.8, 4) is 0 Å². The second-order valence-electron chi connectivity index (χ2n) is 6.90. The molecule has 4 aromatic heterocycles. The quantitative estimate of drug-likeness (QED) is 0.549. The van der Waals surface area contributed by atoms with E-state index in [0.717, 1.165) is 54.0 Å². The fourth-order valence-corrected chi connectivity index (χ4v) is 3.92. The molecule has 1 saturated heterocycles. The molecule has 2 atom stereocenters. The Morgan fingerprint density at radius 3 is 2.78 bits per heavy atom. The maximum Gasteiger partial charge on any atom is 0.213 e. The minimum Gasteiger partial charge on any atom is -0.461 e. The summed E-state index contributed by atoms with van der Waals surface area (Å²) in [6.45, 7) is 0.875. The van der Waals surface area contributed by atoms with Crippen LogP contribution in [-0.4, -0.2) is 32.7 Å². The fraction of sp³-hybridized carbons (Fsp3) is 0.300. The van der Waals surface area contributed by atoms with Gasteiger partial charge in [-0.3, -0.25) is 9.97 Å². The zero-order chi connectivity index (χ0) is 18.1. The van der Waals surface area contributed by atoms with E-state index in [1.807, 2.05) is 36.8 Å². The first-order valence-corrected chi connectivity index (χ1v) is 9.12. The second-order valence-corrected chi connectivity index (χ2v) is 6.90. The van der Waals surface area contributed by atoms with E-state index in [1.165, 1.54) is 6.39 Å². The van der Waals surface area contributed by atoms with Crippen LogP contribution < -0.4 is 4.90 Å². The summed E-state index contributed by atoms with van der Waals surface area (Å²) in [6, 6.07) is 8.45. The van der Waals surface area contributed by atoms with Crippen LogP contribution in [0, 0.1) is 0 Å². The van der Waals surface area contributed by atoms with Crippen molar-refractivity contribution >= 4 is 16.7 Å². The lowest BCUT2D eigenvalue weighted by atomic mass is 9.89. The van der Waals surface area contributed by atoms with Gasteiger partial charge in [0.05, 0.1) is 0 Å². The lowest BCUT2D eigenvalue weighted by Gasteiger charge is -2.40. The number of piperidine rings is 1. The smallest absolute Gasteiger partial charge is 0.213 e. The molecule has 0 radical (unpaired) electrons. The van der Waals surface area contributed by atoms with Gasteiger partial charge in [0.1, 0.15) is 11.3 Å². The molecule has 5 heterocycles. The number of nitrogens with zero attached hydrogens (tertiary/aromatic N) is 5. The van der Waals surface area contributed by atoms with Crippen LogP contribution in [0.3, 0.4) is 0 Å². The molecular weight excluding hydrogens is 342 g/mol. The summed E-state index contributed by atoms with van der Waals surface area (Å²) in [5, 5.41) is 5.05. The number of hydrogen-bond donors (Lipinski definition) is 0. The molecule has 0 aliphatic carbocycles. The molecule has 2 unspecified atom stereocenters. The van der Waals surface area contributed by atoms with Crippen molar-refractivity contribution in [3.63, 3.8) is 0 Å². The molecule has 136 valence electrons. The van der Waals surface area contributed by atoms with Crippen LogP contribution in [0.4, 0.5) is 5.69 Å². The van der Waals surface area contributed by atoms with Crippen LogP contribution in [0.1, 0.15) is 30.3 Å². The van der Waals surface area contributed by atoms with Crippen LogP contribution in [-0.2, 0) is 6.42 Å². The number of furan rings is 1. The Hall–Kier alpha value is -3.22. The van der Waals surface area contributed by atoms with E-state index in [9.17, 15) is 0 Å². The Morgan fingerprint density at radius 1 is 1.07 bits per heavy atom. The molecule has 0 N–H and O–H groups in total. The van der Waals surface area contributed by atoms with Gasteiger partial charge in [-0.05, 0) is 37.1 Å². The molecular formula is C20H19N5O2. The molecule has 7 nitrogen and oxygen atoms in total. The molecule has 1 fully saturated rings. The molecule has 1 aliphatic rings. The summed E-state index contributed by atoms with van der Waals surface area (Å²) in [5.41, 5.74) is 2.05. The summed E-state index contributed by atoms with van der Waals surface area (Å²) in [7, 11) is 0. The highest BCUT2D eigenvalue weighted by Gasteiger charge is 2.32. The Bertz CT molecular complexity index is 982. The van der Waals surface area contributed by atoms with Crippen molar-refractivity contribution < 1.29 is 8.94 Å². The fourth-order valence-electron chi connectivity index (χ4n) is 3.92. The predicted octanol–water partition coefficient (Wildman–Crippen LogP) is 3.60. The molecule has 0 aromatic carbocycles. The van der Waals surface area contributed by atoms with E-state index < -0.39 is 0 Å². The van der Waals surface area contributed by atoms with E-state index in [0.29, 0.717) is 12.0 Å². The van der Waals surface area contributed by atoms with Crippen LogP contribution in [0.25, 0.3) is 11.0 Å². The standard InChI is InChI=1S/C20H19N5O2/c1-2-17(10-20-23-13-26-24-20)25(16-3-6-21-7-4-16)12-14(1)19-9-15-11-22-8-5-18(15)27-19/h3-9,11,13-14,17H,1-2,10,12H2. The van der Waals surface area contributed by atoms with Crippen LogP contribution >= 0.6 is 0 Å². The number of aromatic nitrogens is 4. The van der Waals surface area contributed by atoms with Crippen molar-refractivity contribution in [2.75, 3.05) is 11.4 Å². The number of fused-ring (bicyclic) bond motifs is 1. The molecule has 5 rings (SSSR count). The third-order valence-electron chi connectivity index (χ3n) is 5.26. The third-order valence-corrected chi connectivity index (χ3v) is 5.26. The Balaban J connectivity index is 1.44. The van der Waals surface area contributed by atoms with E-state index in [1.54, 1.807) is 6.20 Å². The third kappa shape index (κ3) is 3.16. The number of hydrogen-bond acceptors (Lipinski definition) is 7. The van der Waals surface area contributed by atoms with E-state index in [-0.39, 0.29) is 0 Å². The monoisotopic (exact) mass is 361 g/mol. The number of pyridine rings is 2. The zero-order valence-corrected chi connectivity index (χ0v) is 14.7. The molecule has 4 aromatic rings. The highest BCUT2D eigenvalue weighted by molar-refractivity contribution is 5.76. The number of rotatable bonds is 4. The van der Waals surface area contributed by atoms with E-state index in [4.69, 9.17) is 8.94 Å². The Labute approximate surface area is 156 Å². The van der Waals surface area contributed by atoms with Crippen LogP contribution in [0.5, 0.6) is 0 Å². The van der Waals surface area contributed by atoms with Crippen LogP contribution in [0.15, 0.2) is 64.4 Å². The van der Waals surface area contributed by atoms with Crippen molar-refractivity contribution in [2.24, 2.45) is 0 Å². The van der Waals surface area contributed by atoms with Gasteiger partial charge >= 0.3 is 0 Å². The van der Waals surface area contributed by atoms with E-state index >= 15 is 0 Å².